The number of aromatic nitrogens is 3. The molecule has 2 aromatic heterocycles. The molecule has 58 heavy (non-hydrogen) atoms. The number of pyridine rings is 1. The van der Waals surface area contributed by atoms with Crippen LogP contribution in [-0.4, -0.2) is 15.0 Å². The highest BCUT2D eigenvalue weighted by Gasteiger charge is 2.29. The highest BCUT2D eigenvalue weighted by molar-refractivity contribution is 7.85. The number of para-hydroxylation sites is 1. The zero-order valence-electron chi connectivity index (χ0n) is 31.2. The van der Waals surface area contributed by atoms with Crippen LogP contribution in [0.25, 0.3) is 77.6 Å². The minimum atomic E-state index is -3.09. The molecule has 0 unspecified atom stereocenters. The number of rotatable bonds is 7. The summed E-state index contributed by atoms with van der Waals surface area (Å²) in [5.41, 5.74) is 9.64. The number of hydrogen-bond donors (Lipinski definition) is 0. The molecular weight excluding hydrogens is 728 g/mol. The maximum absolute atomic E-state index is 15.0. The van der Waals surface area contributed by atoms with Gasteiger partial charge in [-0.1, -0.05) is 188 Å². The van der Waals surface area contributed by atoms with Crippen LogP contribution >= 0.6 is 7.14 Å². The fraction of sp³-hybridized carbons (Fsp3) is 0. The van der Waals surface area contributed by atoms with E-state index >= 15 is 0 Å². The average molecular weight is 761 g/mol. The number of hydrogen-bond acceptors (Lipinski definition) is 5. The molecule has 0 saturated heterocycles. The molecule has 8 aromatic carbocycles. The van der Waals surface area contributed by atoms with E-state index in [4.69, 9.17) is 15.0 Å². The van der Waals surface area contributed by atoms with E-state index in [1.54, 1.807) is 0 Å². The molecule has 10 rings (SSSR count). The van der Waals surface area contributed by atoms with Crippen molar-refractivity contribution in [2.75, 3.05) is 0 Å². The number of fused-ring (bicyclic) bond motifs is 5. The first kappa shape index (κ1) is 34.9. The molecule has 5 nitrogen and oxygen atoms in total. The summed E-state index contributed by atoms with van der Waals surface area (Å²) in [6, 6.07) is 68.3. The molecule has 0 bridgehead atoms. The van der Waals surface area contributed by atoms with Crippen LogP contribution in [0.5, 0.6) is 0 Å². The monoisotopic (exact) mass is 760 g/mol. The Kier molecular flexibility index (Phi) is 8.75. The lowest BCUT2D eigenvalue weighted by molar-refractivity contribution is 0.592. The van der Waals surface area contributed by atoms with Crippen LogP contribution < -0.4 is 15.9 Å². The first-order valence-electron chi connectivity index (χ1n) is 19.1. The van der Waals surface area contributed by atoms with Crippen LogP contribution in [0.3, 0.4) is 0 Å². The van der Waals surface area contributed by atoms with Crippen molar-refractivity contribution >= 4 is 55.8 Å². The van der Waals surface area contributed by atoms with E-state index in [0.29, 0.717) is 16.6 Å². The third kappa shape index (κ3) is 5.96. The van der Waals surface area contributed by atoms with Crippen molar-refractivity contribution in [3.8, 4) is 51.0 Å². The van der Waals surface area contributed by atoms with Crippen molar-refractivity contribution in [3.05, 3.63) is 206 Å². The van der Waals surface area contributed by atoms with Crippen LogP contribution in [-0.2, 0) is 4.57 Å². The second-order valence-corrected chi connectivity index (χ2v) is 17.0. The molecule has 0 aliphatic carbocycles. The lowest BCUT2D eigenvalue weighted by Gasteiger charge is -2.20. The quantitative estimate of drug-likeness (QED) is 0.119. The summed E-state index contributed by atoms with van der Waals surface area (Å²) in [6.07, 6.45) is 0. The molecule has 0 atom stereocenters. The van der Waals surface area contributed by atoms with Crippen LogP contribution in [0.2, 0.25) is 0 Å². The Morgan fingerprint density at radius 2 is 0.828 bits per heavy atom. The normalized spacial score (nSPS) is 11.5. The van der Waals surface area contributed by atoms with E-state index in [1.165, 1.54) is 0 Å². The molecular formula is C52H33N4OP. The summed E-state index contributed by atoms with van der Waals surface area (Å²) >= 11 is 0. The molecule has 10 aromatic rings. The maximum Gasteiger partial charge on any atom is 0.171 e. The molecule has 2 heterocycles. The zero-order chi connectivity index (χ0) is 39.1. The Morgan fingerprint density at radius 3 is 1.40 bits per heavy atom. The number of nitrogens with zero attached hydrogens (tertiary/aromatic N) is 4. The average Bonchev–Trinajstić information content (AvgIpc) is 3.31. The largest absolute Gasteiger partial charge is 0.309 e. The van der Waals surface area contributed by atoms with Gasteiger partial charge in [0, 0.05) is 48.8 Å². The molecule has 6 heteroatoms. The minimum absolute atomic E-state index is 0.517. The third-order valence-corrected chi connectivity index (χ3v) is 13.9. The lowest BCUT2D eigenvalue weighted by Crippen LogP contribution is -2.24. The van der Waals surface area contributed by atoms with Crippen LogP contribution in [0.4, 0.5) is 0 Å². The first-order valence-corrected chi connectivity index (χ1v) is 20.8. The molecule has 0 fully saturated rings. The van der Waals surface area contributed by atoms with Crippen molar-refractivity contribution in [1.29, 1.82) is 5.26 Å². The SMILES string of the molecule is N#Cc1cc2nc(-c3ccccc3)c(-c3ccccc3)nc2c2c(-c3ccc(-c4ccc(P(=O)(c5ccccc5)c5ccccc5)cc4)cc3)nc3ccccc3c12. The fourth-order valence-electron chi connectivity index (χ4n) is 7.96. The summed E-state index contributed by atoms with van der Waals surface area (Å²) < 4.78 is 15.0. The zero-order valence-corrected chi connectivity index (χ0v) is 32.1. The Bertz CT molecular complexity index is 3180. The maximum atomic E-state index is 15.0. The predicted molar refractivity (Wildman–Crippen MR) is 238 cm³/mol. The van der Waals surface area contributed by atoms with Gasteiger partial charge >= 0.3 is 0 Å². The van der Waals surface area contributed by atoms with Crippen LogP contribution in [0.15, 0.2) is 200 Å². The Hall–Kier alpha value is -7.51. The van der Waals surface area contributed by atoms with Gasteiger partial charge in [-0.05, 0) is 23.3 Å². The van der Waals surface area contributed by atoms with Crippen molar-refractivity contribution < 1.29 is 4.57 Å². The molecule has 0 saturated carbocycles. The van der Waals surface area contributed by atoms with E-state index in [9.17, 15) is 9.83 Å². The first-order chi connectivity index (χ1) is 28.6. The highest BCUT2D eigenvalue weighted by Crippen LogP contribution is 2.44. The molecule has 0 amide bonds. The van der Waals surface area contributed by atoms with E-state index in [-0.39, 0.29) is 0 Å². The second-order valence-electron chi connectivity index (χ2n) is 14.2. The van der Waals surface area contributed by atoms with Crippen molar-refractivity contribution in [2.24, 2.45) is 0 Å². The van der Waals surface area contributed by atoms with E-state index in [0.717, 1.165) is 82.5 Å². The summed E-state index contributed by atoms with van der Waals surface area (Å²) in [7, 11) is -3.09. The topological polar surface area (TPSA) is 79.5 Å². The van der Waals surface area contributed by atoms with E-state index < -0.39 is 7.14 Å². The van der Waals surface area contributed by atoms with Gasteiger partial charge in [0.2, 0.25) is 0 Å². The molecule has 0 radical (unpaired) electrons. The van der Waals surface area contributed by atoms with Gasteiger partial charge < -0.3 is 4.57 Å². The van der Waals surface area contributed by atoms with Gasteiger partial charge in [0.25, 0.3) is 0 Å². The predicted octanol–water partition coefficient (Wildman–Crippen LogP) is 11.5. The summed E-state index contributed by atoms with van der Waals surface area (Å²) in [5, 5.41) is 15.5. The van der Waals surface area contributed by atoms with Crippen LogP contribution in [0.1, 0.15) is 5.56 Å². The highest BCUT2D eigenvalue weighted by atomic mass is 31.2. The van der Waals surface area contributed by atoms with Gasteiger partial charge in [0.1, 0.15) is 0 Å². The Balaban J connectivity index is 1.14. The number of nitriles is 1. The minimum Gasteiger partial charge on any atom is -0.309 e. The molecule has 0 aliphatic rings. The molecule has 0 spiro atoms. The Labute approximate surface area is 336 Å². The second kappa shape index (κ2) is 14.5. The van der Waals surface area contributed by atoms with Gasteiger partial charge in [-0.25, -0.2) is 15.0 Å². The van der Waals surface area contributed by atoms with Gasteiger partial charge in [-0.15, -0.1) is 0 Å². The molecule has 0 N–H and O–H groups in total. The van der Waals surface area contributed by atoms with Gasteiger partial charge in [0.05, 0.1) is 45.3 Å². The summed E-state index contributed by atoms with van der Waals surface area (Å²) in [6.45, 7) is 0. The van der Waals surface area contributed by atoms with Gasteiger partial charge in [-0.3, -0.25) is 0 Å². The number of benzene rings is 8. The van der Waals surface area contributed by atoms with Crippen molar-refractivity contribution in [2.45, 2.75) is 0 Å². The van der Waals surface area contributed by atoms with E-state index in [1.807, 2.05) is 164 Å². The fourth-order valence-corrected chi connectivity index (χ4v) is 10.6. The van der Waals surface area contributed by atoms with Crippen LogP contribution in [0, 0.1) is 11.3 Å². The lowest BCUT2D eigenvalue weighted by atomic mass is 9.94. The smallest absolute Gasteiger partial charge is 0.171 e. The molecule has 0 aliphatic heterocycles. The summed E-state index contributed by atoms with van der Waals surface area (Å²) in [5.74, 6) is 0. The standard InChI is InChI=1S/C52H33N4OP/c53-34-40-33-46-52(56-51(38-17-7-2-8-18-38)50(55-46)37-15-5-1-6-16-37)48-47(40)44-23-13-14-24-45(44)54-49(48)39-27-25-35(26-28-39)36-29-31-43(32-30-36)58(57,41-19-9-3-10-20-41)42-21-11-4-12-22-42/h1-33H. The summed E-state index contributed by atoms with van der Waals surface area (Å²) in [4.78, 5) is 15.9. The van der Waals surface area contributed by atoms with Gasteiger partial charge in [-0.2, -0.15) is 5.26 Å². The molecule has 272 valence electrons. The van der Waals surface area contributed by atoms with E-state index in [2.05, 4.69) is 42.5 Å². The third-order valence-electron chi connectivity index (χ3n) is 10.8. The Morgan fingerprint density at radius 1 is 0.397 bits per heavy atom. The van der Waals surface area contributed by atoms with Crippen molar-refractivity contribution in [1.82, 2.24) is 15.0 Å². The van der Waals surface area contributed by atoms with Crippen molar-refractivity contribution in [3.63, 3.8) is 0 Å². The van der Waals surface area contributed by atoms with Gasteiger partial charge in [0.15, 0.2) is 7.14 Å².